The predicted octanol–water partition coefficient (Wildman–Crippen LogP) is 3.62. The quantitative estimate of drug-likeness (QED) is 0.420. The zero-order valence-corrected chi connectivity index (χ0v) is 15.4. The van der Waals surface area contributed by atoms with Crippen LogP contribution in [0.4, 0.5) is 5.69 Å². The van der Waals surface area contributed by atoms with Crippen LogP contribution >= 0.6 is 0 Å². The lowest BCUT2D eigenvalue weighted by Gasteiger charge is -2.31. The number of aryl methyl sites for hydroxylation is 1. The second-order valence-electron chi connectivity index (χ2n) is 7.07. The number of hydrogen-bond acceptors (Lipinski definition) is 3. The van der Waals surface area contributed by atoms with Crippen LogP contribution in [0.3, 0.4) is 0 Å². The second kappa shape index (κ2) is 9.27. The predicted molar refractivity (Wildman–Crippen MR) is 105 cm³/mol. The molecular formula is C20H29N5O. The highest BCUT2D eigenvalue weighted by Crippen LogP contribution is 2.24. The highest BCUT2D eigenvalue weighted by molar-refractivity contribution is 5.94. The van der Waals surface area contributed by atoms with Gasteiger partial charge in [0.15, 0.2) is 5.96 Å². The maximum Gasteiger partial charge on any atom is 0.196 e. The monoisotopic (exact) mass is 355 g/mol. The Labute approximate surface area is 155 Å². The molecular weight excluding hydrogens is 326 g/mol. The molecule has 3 N–H and O–H groups in total. The third-order valence-corrected chi connectivity index (χ3v) is 4.95. The molecule has 6 heteroatoms. The van der Waals surface area contributed by atoms with E-state index in [-0.39, 0.29) is 5.75 Å². The normalized spacial score (nSPS) is 20.7. The van der Waals surface area contributed by atoms with Gasteiger partial charge in [0, 0.05) is 43.3 Å². The van der Waals surface area contributed by atoms with E-state index in [4.69, 9.17) is 4.99 Å². The van der Waals surface area contributed by atoms with Gasteiger partial charge in [0.1, 0.15) is 5.75 Å². The van der Waals surface area contributed by atoms with Crippen molar-refractivity contribution < 1.29 is 5.11 Å². The van der Waals surface area contributed by atoms with Gasteiger partial charge in [0.2, 0.25) is 0 Å². The molecule has 0 amide bonds. The number of nitrogens with one attached hydrogen (secondary N) is 2. The highest BCUT2D eigenvalue weighted by atomic mass is 16.3. The van der Waals surface area contributed by atoms with Gasteiger partial charge in [-0.3, -0.25) is 4.99 Å². The number of phenols is 1. The van der Waals surface area contributed by atoms with E-state index in [0.29, 0.717) is 12.0 Å². The van der Waals surface area contributed by atoms with E-state index in [1.807, 2.05) is 24.7 Å². The number of benzene rings is 1. The molecule has 3 rings (SSSR count). The standard InChI is InChI=1S/C20H29N5O/c1-16-6-2-3-9-19(16)24-20(23-17-7-4-8-18(26)14-17)22-10-5-12-25-13-11-21-15-25/h4,7-8,11,13-16,19,26H,2-3,5-6,9-10,12H2,1H3,(H2,22,23,24). The third kappa shape index (κ3) is 5.51. The van der Waals surface area contributed by atoms with E-state index in [0.717, 1.165) is 31.2 Å². The molecule has 0 bridgehead atoms. The van der Waals surface area contributed by atoms with Gasteiger partial charge in [-0.1, -0.05) is 25.8 Å². The van der Waals surface area contributed by atoms with Crippen molar-refractivity contribution in [2.45, 2.75) is 51.6 Å². The molecule has 0 saturated heterocycles. The minimum Gasteiger partial charge on any atom is -0.508 e. The summed E-state index contributed by atoms with van der Waals surface area (Å²) in [5.74, 6) is 1.69. The molecule has 1 saturated carbocycles. The topological polar surface area (TPSA) is 74.5 Å². The average molecular weight is 355 g/mol. The Morgan fingerprint density at radius 2 is 2.23 bits per heavy atom. The van der Waals surface area contributed by atoms with Crippen LogP contribution in [0.25, 0.3) is 0 Å². The van der Waals surface area contributed by atoms with Crippen LogP contribution < -0.4 is 10.6 Å². The Balaban J connectivity index is 1.62. The molecule has 6 nitrogen and oxygen atoms in total. The van der Waals surface area contributed by atoms with Crippen LogP contribution in [0.5, 0.6) is 5.75 Å². The molecule has 1 aromatic carbocycles. The number of anilines is 1. The Hall–Kier alpha value is -2.50. The first kappa shape index (κ1) is 18.3. The van der Waals surface area contributed by atoms with Crippen LogP contribution in [0.2, 0.25) is 0 Å². The Morgan fingerprint density at radius 1 is 1.35 bits per heavy atom. The van der Waals surface area contributed by atoms with Crippen molar-refractivity contribution in [3.8, 4) is 5.75 Å². The fourth-order valence-electron chi connectivity index (χ4n) is 3.41. The number of hydrogen-bond donors (Lipinski definition) is 3. The van der Waals surface area contributed by atoms with E-state index in [1.165, 1.54) is 25.7 Å². The number of nitrogens with zero attached hydrogens (tertiary/aromatic N) is 3. The summed E-state index contributed by atoms with van der Waals surface area (Å²) >= 11 is 0. The lowest BCUT2D eigenvalue weighted by atomic mass is 9.86. The smallest absolute Gasteiger partial charge is 0.196 e. The van der Waals surface area contributed by atoms with Gasteiger partial charge in [-0.25, -0.2) is 4.98 Å². The first-order valence-corrected chi connectivity index (χ1v) is 9.53. The zero-order chi connectivity index (χ0) is 18.2. The number of phenolic OH excluding ortho intramolecular Hbond substituents is 1. The van der Waals surface area contributed by atoms with Crippen LogP contribution in [0.1, 0.15) is 39.0 Å². The second-order valence-corrected chi connectivity index (χ2v) is 7.07. The van der Waals surface area contributed by atoms with Gasteiger partial charge >= 0.3 is 0 Å². The molecule has 1 fully saturated rings. The van der Waals surface area contributed by atoms with Crippen LogP contribution in [-0.4, -0.2) is 33.2 Å². The van der Waals surface area contributed by atoms with Crippen molar-refractivity contribution in [3.63, 3.8) is 0 Å². The van der Waals surface area contributed by atoms with E-state index in [9.17, 15) is 5.11 Å². The molecule has 2 atom stereocenters. The zero-order valence-electron chi connectivity index (χ0n) is 15.4. The van der Waals surface area contributed by atoms with Crippen molar-refractivity contribution >= 4 is 11.6 Å². The lowest BCUT2D eigenvalue weighted by molar-refractivity contribution is 0.308. The summed E-state index contributed by atoms with van der Waals surface area (Å²) in [6.07, 6.45) is 11.6. The molecule has 2 aromatic rings. The largest absolute Gasteiger partial charge is 0.508 e. The highest BCUT2D eigenvalue weighted by Gasteiger charge is 2.22. The molecule has 140 valence electrons. The SMILES string of the molecule is CC1CCCCC1NC(=NCCCn1ccnc1)Nc1cccc(O)c1. The summed E-state index contributed by atoms with van der Waals surface area (Å²) < 4.78 is 2.06. The number of rotatable bonds is 6. The van der Waals surface area contributed by atoms with Gasteiger partial charge in [-0.15, -0.1) is 0 Å². The molecule has 1 heterocycles. The van der Waals surface area contributed by atoms with Gasteiger partial charge in [0.25, 0.3) is 0 Å². The summed E-state index contributed by atoms with van der Waals surface area (Å²) in [6, 6.07) is 7.60. The number of aromatic hydroxyl groups is 1. The minimum atomic E-state index is 0.250. The van der Waals surface area contributed by atoms with Crippen molar-refractivity contribution in [3.05, 3.63) is 43.0 Å². The third-order valence-electron chi connectivity index (χ3n) is 4.95. The first-order valence-electron chi connectivity index (χ1n) is 9.53. The Bertz CT molecular complexity index is 698. The Kier molecular flexibility index (Phi) is 6.52. The van der Waals surface area contributed by atoms with E-state index < -0.39 is 0 Å². The summed E-state index contributed by atoms with van der Waals surface area (Å²) in [4.78, 5) is 8.82. The van der Waals surface area contributed by atoms with Crippen LogP contribution in [-0.2, 0) is 6.54 Å². The Morgan fingerprint density at radius 3 is 3.00 bits per heavy atom. The van der Waals surface area contributed by atoms with Crippen molar-refractivity contribution in [1.82, 2.24) is 14.9 Å². The van der Waals surface area contributed by atoms with Crippen LogP contribution in [0.15, 0.2) is 48.0 Å². The lowest BCUT2D eigenvalue weighted by Crippen LogP contribution is -2.44. The fourth-order valence-corrected chi connectivity index (χ4v) is 3.41. The van der Waals surface area contributed by atoms with Gasteiger partial charge < -0.3 is 20.3 Å². The molecule has 1 aliphatic rings. The van der Waals surface area contributed by atoms with Crippen molar-refractivity contribution in [1.29, 1.82) is 0 Å². The summed E-state index contributed by atoms with van der Waals surface area (Å²) in [5.41, 5.74) is 0.842. The van der Waals surface area contributed by atoms with Crippen LogP contribution in [0, 0.1) is 5.92 Å². The van der Waals surface area contributed by atoms with E-state index >= 15 is 0 Å². The van der Waals surface area contributed by atoms with E-state index in [2.05, 4.69) is 27.1 Å². The van der Waals surface area contributed by atoms with E-state index in [1.54, 1.807) is 18.3 Å². The van der Waals surface area contributed by atoms with Gasteiger partial charge in [0.05, 0.1) is 6.33 Å². The summed E-state index contributed by atoms with van der Waals surface area (Å²) in [5, 5.41) is 16.6. The fraction of sp³-hybridized carbons (Fsp3) is 0.500. The molecule has 26 heavy (non-hydrogen) atoms. The maximum absolute atomic E-state index is 9.70. The number of aromatic nitrogens is 2. The maximum atomic E-state index is 9.70. The summed E-state index contributed by atoms with van der Waals surface area (Å²) in [7, 11) is 0. The first-order chi connectivity index (χ1) is 12.7. The minimum absolute atomic E-state index is 0.250. The number of guanidine groups is 1. The molecule has 1 aromatic heterocycles. The summed E-state index contributed by atoms with van der Waals surface area (Å²) in [6.45, 7) is 3.94. The number of imidazole rings is 1. The molecule has 2 unspecified atom stereocenters. The number of aliphatic imine (C=N–C) groups is 1. The van der Waals surface area contributed by atoms with Crippen molar-refractivity contribution in [2.75, 3.05) is 11.9 Å². The molecule has 0 aliphatic heterocycles. The average Bonchev–Trinajstić information content (AvgIpc) is 3.14. The van der Waals surface area contributed by atoms with Crippen molar-refractivity contribution in [2.24, 2.45) is 10.9 Å². The molecule has 0 spiro atoms. The van der Waals surface area contributed by atoms with Gasteiger partial charge in [-0.05, 0) is 37.3 Å². The van der Waals surface area contributed by atoms with Gasteiger partial charge in [-0.2, -0.15) is 0 Å². The molecule has 1 aliphatic carbocycles. The molecule has 0 radical (unpaired) electrons.